The Balaban J connectivity index is 0.958. The Hall–Kier alpha value is -8.50. The Morgan fingerprint density at radius 3 is 1.96 bits per heavy atom. The predicted molar refractivity (Wildman–Crippen MR) is 347 cm³/mol. The van der Waals surface area contributed by atoms with Crippen LogP contribution in [0.1, 0.15) is 54.9 Å². The minimum Gasteiger partial charge on any atom is -0.396 e. The van der Waals surface area contributed by atoms with E-state index in [1.54, 1.807) is 35.1 Å². The fourth-order valence-corrected chi connectivity index (χ4v) is 18.8. The SMILES string of the molecule is Cc1nc(NCCNS(=O)(=O)c2ccc3c4n5c(c3c2)N=c2c3ccc(S(=O)(=O)CCCS(=O)(=O)NC(C)CO)cc3c(n2C5)=NC2=NC(=NC3=NC(=N4)c4cc(S(=O)(=O)CCCS(=O)(=O)CC(C)CO)ccc43)c3ncccc32)nc(Nc2ccccc2S(=O)(=O)O)n1. The number of aromatic nitrogens is 6. The summed E-state index contributed by atoms with van der Waals surface area (Å²) in [4.78, 5) is 46.4. The van der Waals surface area contributed by atoms with Gasteiger partial charge >= 0.3 is 0 Å². The third kappa shape index (κ3) is 13.3. The molecular weight excluding hydrogens is 1340 g/mol. The molecule has 492 valence electrons. The molecule has 0 saturated carbocycles. The summed E-state index contributed by atoms with van der Waals surface area (Å²) in [5.74, 6) is -2.43. The van der Waals surface area contributed by atoms with Crippen molar-refractivity contribution in [3.63, 3.8) is 0 Å². The first-order chi connectivity index (χ1) is 44.5. The molecule has 0 amide bonds. The second-order valence-corrected chi connectivity index (χ2v) is 34.0. The summed E-state index contributed by atoms with van der Waals surface area (Å²) >= 11 is 0. The number of nitrogens with zero attached hydrogens (tertiary/aromatic N) is 12. The number of para-hydroxylation sites is 1. The topological polar surface area (TPSA) is 449 Å². The lowest BCUT2D eigenvalue weighted by Crippen LogP contribution is -2.36. The zero-order chi connectivity index (χ0) is 66.9. The molecule has 0 fully saturated rings. The number of rotatable bonds is 25. The maximum Gasteiger partial charge on any atom is 0.296 e. The first kappa shape index (κ1) is 65.6. The number of anilines is 3. The number of aliphatic hydroxyl groups is 2. The monoisotopic (exact) mass is 1400 g/mol. The maximum absolute atomic E-state index is 14.4. The first-order valence-corrected chi connectivity index (χ1v) is 38.6. The molecule has 4 aliphatic rings. The molecule has 2 atom stereocenters. The molecule has 4 aromatic heterocycles. The van der Waals surface area contributed by atoms with Crippen LogP contribution in [0.5, 0.6) is 0 Å². The zero-order valence-corrected chi connectivity index (χ0v) is 54.8. The van der Waals surface area contributed by atoms with Crippen molar-refractivity contribution in [1.82, 2.24) is 38.5 Å². The van der Waals surface area contributed by atoms with Gasteiger partial charge in [0.1, 0.15) is 45.7 Å². The minimum atomic E-state index is -4.63. The van der Waals surface area contributed by atoms with E-state index >= 15 is 0 Å². The van der Waals surface area contributed by atoms with Gasteiger partial charge < -0.3 is 20.8 Å². The average molecular weight is 1400 g/mol. The number of amidine groups is 4. The average Bonchev–Trinajstić information content (AvgIpc) is 1.56. The molecule has 31 nitrogen and oxygen atoms in total. The van der Waals surface area contributed by atoms with Crippen molar-refractivity contribution in [2.45, 2.75) is 65.9 Å². The fourth-order valence-electron chi connectivity index (χ4n) is 11.0. The Labute approximate surface area is 538 Å². The lowest BCUT2D eigenvalue weighted by Gasteiger charge is -2.15. The van der Waals surface area contributed by atoms with Crippen molar-refractivity contribution >= 4 is 134 Å². The van der Waals surface area contributed by atoms with Crippen LogP contribution in [0, 0.1) is 12.8 Å². The molecule has 4 aromatic carbocycles. The quantitative estimate of drug-likeness (QED) is 0.0318. The normalized spacial score (nSPS) is 15.2. The highest BCUT2D eigenvalue weighted by molar-refractivity contribution is 7.92. The lowest BCUT2D eigenvalue weighted by molar-refractivity contribution is 0.249. The Bertz CT molecular complexity index is 5500. The van der Waals surface area contributed by atoms with Gasteiger partial charge in [-0.05, 0) is 111 Å². The second-order valence-electron chi connectivity index (χ2n) is 22.5. The van der Waals surface area contributed by atoms with E-state index in [0.717, 1.165) is 0 Å². The van der Waals surface area contributed by atoms with Crippen molar-refractivity contribution in [2.75, 3.05) is 65.7 Å². The van der Waals surface area contributed by atoms with Gasteiger partial charge in [-0.1, -0.05) is 19.1 Å². The van der Waals surface area contributed by atoms with Gasteiger partial charge in [0.15, 0.2) is 52.9 Å². The van der Waals surface area contributed by atoms with Crippen LogP contribution in [-0.2, 0) is 66.3 Å². The van der Waals surface area contributed by atoms with Gasteiger partial charge in [-0.3, -0.25) is 18.7 Å². The van der Waals surface area contributed by atoms with Crippen LogP contribution in [0.3, 0.4) is 0 Å². The summed E-state index contributed by atoms with van der Waals surface area (Å²) in [5.41, 5.74) is 1.60. The zero-order valence-electron chi connectivity index (χ0n) is 49.9. The van der Waals surface area contributed by atoms with Crippen molar-refractivity contribution in [2.24, 2.45) is 35.9 Å². The van der Waals surface area contributed by atoms with Crippen molar-refractivity contribution < 1.29 is 65.3 Å². The standard InChI is InChI=1S/C57H58N16O15S6/c1-32(28-74)30-89(76,77)21-7-22-90(78,79)35-12-15-38-42(25-35)50-64-48(38)65-51-47-41(9-6-18-58-47)49(66-51)67-54-43-26-36(91(80,81)23-8-24-92(82,83)71-33(2)29-75)13-16-40(43)53-69-55-44-27-37(14-17-39(44)52(68-50)72(55)31-73(53)54)93(84,85)60-20-19-59-56-61-34(3)62-57(70-56)63-45-10-4-5-11-46(45)94(86,87)88/h4-6,9-18,25-27,32-33,60,71,74-75H,7-8,19-24,28-31H2,1-3H3,(H,86,87,88)(H2,59,61,62,63,70). The van der Waals surface area contributed by atoms with Crippen LogP contribution in [0.2, 0.25) is 0 Å². The van der Waals surface area contributed by atoms with E-state index in [9.17, 15) is 65.3 Å². The van der Waals surface area contributed by atoms with Crippen molar-refractivity contribution in [3.8, 4) is 0 Å². The molecule has 8 heterocycles. The number of fused-ring (bicyclic) bond motifs is 14. The molecule has 94 heavy (non-hydrogen) atoms. The van der Waals surface area contributed by atoms with E-state index in [0.29, 0.717) is 21.9 Å². The number of sulfone groups is 3. The van der Waals surface area contributed by atoms with Gasteiger partial charge in [0.05, 0.1) is 55.7 Å². The molecule has 0 aliphatic carbocycles. The third-order valence-electron chi connectivity index (χ3n) is 15.3. The van der Waals surface area contributed by atoms with Gasteiger partial charge in [0, 0.05) is 70.2 Å². The summed E-state index contributed by atoms with van der Waals surface area (Å²) in [6.07, 6.45) is 0.990. The molecular formula is C57H58N16O15S6. The Morgan fingerprint density at radius 1 is 0.564 bits per heavy atom. The van der Waals surface area contributed by atoms with Crippen LogP contribution in [0.25, 0.3) is 21.5 Å². The third-order valence-corrected chi connectivity index (χ3v) is 24.9. The predicted octanol–water partition coefficient (Wildman–Crippen LogP) is 1.99. The van der Waals surface area contributed by atoms with Crippen molar-refractivity contribution in [3.05, 3.63) is 136 Å². The fraction of sp³-hybridized carbons (Fsp3) is 0.298. The van der Waals surface area contributed by atoms with Crippen LogP contribution in [0.4, 0.5) is 29.2 Å². The van der Waals surface area contributed by atoms with Gasteiger partial charge in [-0.15, -0.1) is 0 Å². The Morgan fingerprint density at radius 2 is 1.20 bits per heavy atom. The number of aliphatic imine (C=N–C) groups is 4. The van der Waals surface area contributed by atoms with E-state index in [2.05, 4.69) is 40.0 Å². The summed E-state index contributed by atoms with van der Waals surface area (Å²) in [7, 11) is -25.1. The van der Waals surface area contributed by atoms with Gasteiger partial charge in [-0.25, -0.2) is 81.5 Å². The number of nitrogens with one attached hydrogen (secondary N) is 4. The molecule has 0 radical (unpaired) electrons. The van der Waals surface area contributed by atoms with E-state index in [-0.39, 0.29) is 151 Å². The number of sulfonamides is 2. The van der Waals surface area contributed by atoms with Gasteiger partial charge in [0.25, 0.3) is 10.1 Å². The van der Waals surface area contributed by atoms with E-state index in [1.165, 1.54) is 92.0 Å². The van der Waals surface area contributed by atoms with Gasteiger partial charge in [0.2, 0.25) is 31.9 Å². The maximum atomic E-state index is 14.4. The summed E-state index contributed by atoms with van der Waals surface area (Å²) < 4.78 is 179. The summed E-state index contributed by atoms with van der Waals surface area (Å²) in [5, 5.41) is 25.8. The molecule has 2 unspecified atom stereocenters. The lowest BCUT2D eigenvalue weighted by atomic mass is 10.1. The number of hydrogen-bond acceptors (Lipinski definition) is 26. The highest BCUT2D eigenvalue weighted by atomic mass is 32.2. The molecule has 0 spiro atoms. The van der Waals surface area contributed by atoms with E-state index < -0.39 is 106 Å². The molecule has 6 bridgehead atoms. The highest BCUT2D eigenvalue weighted by Crippen LogP contribution is 2.42. The molecule has 8 aromatic rings. The number of pyridine rings is 1. The molecule has 12 rings (SSSR count). The first-order valence-electron chi connectivity index (χ1n) is 28.9. The number of aryl methyl sites for hydroxylation is 1. The van der Waals surface area contributed by atoms with Crippen LogP contribution in [-0.4, -0.2) is 179 Å². The summed E-state index contributed by atoms with van der Waals surface area (Å²) in [6, 6.07) is 20.9. The highest BCUT2D eigenvalue weighted by Gasteiger charge is 2.33. The van der Waals surface area contributed by atoms with Crippen LogP contribution >= 0.6 is 0 Å². The van der Waals surface area contributed by atoms with E-state index in [4.69, 9.17) is 30.0 Å². The number of aliphatic hydroxyl groups excluding tert-OH is 2. The van der Waals surface area contributed by atoms with E-state index in [1.807, 2.05) is 0 Å². The molecule has 7 N–H and O–H groups in total. The minimum absolute atomic E-state index is 0.00209. The molecule has 0 saturated heterocycles. The van der Waals surface area contributed by atoms with Crippen molar-refractivity contribution in [1.29, 1.82) is 0 Å². The van der Waals surface area contributed by atoms with Crippen LogP contribution < -0.4 is 31.1 Å². The number of benzene rings is 4. The second kappa shape index (κ2) is 25.0. The summed E-state index contributed by atoms with van der Waals surface area (Å²) in [6.45, 7) is 3.27. The van der Waals surface area contributed by atoms with Gasteiger partial charge in [-0.2, -0.15) is 23.4 Å². The smallest absolute Gasteiger partial charge is 0.296 e. The largest absolute Gasteiger partial charge is 0.396 e. The molecule has 4 aliphatic heterocycles. The van der Waals surface area contributed by atoms with Crippen LogP contribution in [0.15, 0.2) is 147 Å². The number of hydrogen-bond donors (Lipinski definition) is 7. The Kier molecular flexibility index (Phi) is 17.4. The molecule has 37 heteroatoms.